The van der Waals surface area contributed by atoms with Crippen molar-refractivity contribution >= 4 is 22.8 Å². The quantitative estimate of drug-likeness (QED) is 0.169. The van der Waals surface area contributed by atoms with Crippen LogP contribution in [0.1, 0.15) is 34.0 Å². The van der Waals surface area contributed by atoms with Crippen molar-refractivity contribution in [1.29, 1.82) is 0 Å². The Morgan fingerprint density at radius 3 is 2.46 bits per heavy atom. The highest BCUT2D eigenvalue weighted by Crippen LogP contribution is 2.36. The number of ether oxygens (including phenoxy) is 1. The molecule has 0 spiro atoms. The topological polar surface area (TPSA) is 104 Å². The molecule has 0 amide bonds. The van der Waals surface area contributed by atoms with E-state index in [9.17, 15) is 24.1 Å². The molecule has 0 unspecified atom stereocenters. The van der Waals surface area contributed by atoms with E-state index in [1.807, 2.05) is 24.3 Å². The van der Waals surface area contributed by atoms with Gasteiger partial charge in [0.15, 0.2) is 5.78 Å². The summed E-state index contributed by atoms with van der Waals surface area (Å²) < 4.78 is 20.6. The van der Waals surface area contributed by atoms with Crippen LogP contribution in [0.5, 0.6) is 5.75 Å². The fourth-order valence-corrected chi connectivity index (χ4v) is 6.01. The van der Waals surface area contributed by atoms with E-state index in [2.05, 4.69) is 4.98 Å². The number of nitro groups is 1. The Bertz CT molecular complexity index is 1860. The molecule has 3 aromatic carbocycles. The first-order valence-corrected chi connectivity index (χ1v) is 13.6. The summed E-state index contributed by atoms with van der Waals surface area (Å²) in [4.78, 5) is 43.0. The molecule has 2 aromatic heterocycles. The third-order valence-electron chi connectivity index (χ3n) is 7.23. The van der Waals surface area contributed by atoms with Crippen LogP contribution in [0, 0.1) is 15.9 Å². The van der Waals surface area contributed by atoms with Crippen LogP contribution < -0.4 is 10.3 Å². The minimum Gasteiger partial charge on any atom is -0.497 e. The van der Waals surface area contributed by atoms with E-state index >= 15 is 0 Å². The number of pyridine rings is 1. The van der Waals surface area contributed by atoms with Gasteiger partial charge in [0, 0.05) is 46.4 Å². The molecule has 1 atom stereocenters. The Morgan fingerprint density at radius 2 is 1.76 bits per heavy atom. The summed E-state index contributed by atoms with van der Waals surface area (Å²) in [5, 5.41) is 13.3. The van der Waals surface area contributed by atoms with Crippen LogP contribution in [-0.2, 0) is 6.42 Å². The highest BCUT2D eigenvalue weighted by molar-refractivity contribution is 7.13. The van der Waals surface area contributed by atoms with E-state index < -0.39 is 16.3 Å². The number of carbonyl (C=O) groups excluding carboxylic acids is 1. The summed E-state index contributed by atoms with van der Waals surface area (Å²) in [7, 11) is 1.59. The number of rotatable bonds is 6. The Hall–Kier alpha value is -4.96. The van der Waals surface area contributed by atoms with Gasteiger partial charge in [-0.25, -0.2) is 9.37 Å². The van der Waals surface area contributed by atoms with E-state index in [1.54, 1.807) is 30.7 Å². The second-order valence-electron chi connectivity index (χ2n) is 9.68. The molecule has 0 bridgehead atoms. The summed E-state index contributed by atoms with van der Waals surface area (Å²) in [6.07, 6.45) is 0.689. The zero-order valence-corrected chi connectivity index (χ0v) is 22.6. The second kappa shape index (κ2) is 10.5. The fourth-order valence-electron chi connectivity index (χ4n) is 5.17. The summed E-state index contributed by atoms with van der Waals surface area (Å²) in [5.74, 6) is -0.00423. The third kappa shape index (κ3) is 4.93. The summed E-state index contributed by atoms with van der Waals surface area (Å²) in [6, 6.07) is 20.8. The van der Waals surface area contributed by atoms with Crippen LogP contribution in [-0.4, -0.2) is 27.4 Å². The number of thiazole rings is 1. The zero-order valence-electron chi connectivity index (χ0n) is 21.7. The number of Topliss-reactive ketones (excluding diaryl/α,β-unsaturated/α-hetero) is 1. The van der Waals surface area contributed by atoms with Gasteiger partial charge in [0.05, 0.1) is 23.3 Å². The Labute approximate surface area is 237 Å². The van der Waals surface area contributed by atoms with Crippen LogP contribution in [0.15, 0.2) is 89.0 Å². The molecular formula is C31H22FN3O5S. The average Bonchev–Trinajstić information content (AvgIpc) is 3.48. The first-order valence-electron chi connectivity index (χ1n) is 12.7. The molecule has 2 heterocycles. The number of carbonyl (C=O) groups is 1. The molecule has 8 nitrogen and oxygen atoms in total. The van der Waals surface area contributed by atoms with Crippen LogP contribution in [0.2, 0.25) is 0 Å². The van der Waals surface area contributed by atoms with Gasteiger partial charge in [-0.05, 0) is 60.4 Å². The van der Waals surface area contributed by atoms with Crippen LogP contribution in [0.25, 0.3) is 27.5 Å². The molecule has 6 rings (SSSR count). The largest absolute Gasteiger partial charge is 0.497 e. The zero-order chi connectivity index (χ0) is 28.7. The monoisotopic (exact) mass is 567 g/mol. The van der Waals surface area contributed by atoms with Crippen LogP contribution in [0.4, 0.5) is 10.1 Å². The van der Waals surface area contributed by atoms with Crippen molar-refractivity contribution in [2.45, 2.75) is 18.8 Å². The van der Waals surface area contributed by atoms with Gasteiger partial charge in [0.2, 0.25) is 0 Å². The summed E-state index contributed by atoms with van der Waals surface area (Å²) in [6.45, 7) is 0. The van der Waals surface area contributed by atoms with Crippen molar-refractivity contribution in [3.8, 4) is 33.3 Å². The van der Waals surface area contributed by atoms with E-state index in [0.29, 0.717) is 45.4 Å². The lowest BCUT2D eigenvalue weighted by molar-refractivity contribution is -0.384. The maximum atomic E-state index is 14.1. The fraction of sp³-hybridized carbons (Fsp3) is 0.129. The van der Waals surface area contributed by atoms with Gasteiger partial charge in [-0.1, -0.05) is 24.3 Å². The minimum absolute atomic E-state index is 0.0680. The van der Waals surface area contributed by atoms with Gasteiger partial charge < -0.3 is 4.74 Å². The molecule has 10 heteroatoms. The normalized spacial score (nSPS) is 14.5. The number of ketones is 1. The molecule has 0 saturated heterocycles. The van der Waals surface area contributed by atoms with Crippen molar-refractivity contribution in [2.75, 3.05) is 7.11 Å². The van der Waals surface area contributed by atoms with E-state index in [4.69, 9.17) is 4.74 Å². The Balaban J connectivity index is 1.48. The highest BCUT2D eigenvalue weighted by atomic mass is 32.1. The number of hydrogen-bond acceptors (Lipinski definition) is 7. The number of hydrogen-bond donors (Lipinski definition) is 0. The first kappa shape index (κ1) is 26.3. The lowest BCUT2D eigenvalue weighted by atomic mass is 9.81. The molecule has 41 heavy (non-hydrogen) atoms. The molecule has 0 radical (unpaired) electrons. The van der Waals surface area contributed by atoms with Crippen molar-refractivity contribution in [3.05, 3.63) is 127 Å². The third-order valence-corrected chi connectivity index (χ3v) is 8.11. The Morgan fingerprint density at radius 1 is 1.00 bits per heavy atom. The summed E-state index contributed by atoms with van der Waals surface area (Å²) in [5.41, 5.74) is 3.15. The smallest absolute Gasteiger partial charge is 0.270 e. The Kier molecular flexibility index (Phi) is 6.76. The summed E-state index contributed by atoms with van der Waals surface area (Å²) >= 11 is 1.21. The molecule has 0 N–H and O–H groups in total. The van der Waals surface area contributed by atoms with Gasteiger partial charge in [-0.2, -0.15) is 0 Å². The van der Waals surface area contributed by atoms with Crippen LogP contribution in [0.3, 0.4) is 0 Å². The molecular weight excluding hydrogens is 545 g/mol. The van der Waals surface area contributed by atoms with Gasteiger partial charge in [0.25, 0.3) is 11.2 Å². The van der Waals surface area contributed by atoms with Crippen molar-refractivity contribution < 1.29 is 18.8 Å². The lowest BCUT2D eigenvalue weighted by Gasteiger charge is -2.27. The van der Waals surface area contributed by atoms with Crippen molar-refractivity contribution in [1.82, 2.24) is 9.55 Å². The number of non-ortho nitro benzene ring substituents is 1. The molecule has 0 fully saturated rings. The van der Waals surface area contributed by atoms with E-state index in [1.165, 1.54) is 52.3 Å². The van der Waals surface area contributed by atoms with Gasteiger partial charge in [0.1, 0.15) is 16.6 Å². The standard InChI is InChI=1S/C31H22FN3O5S/c1-40-24-11-5-18(6-12-24)20-14-28-25(29(36)15-20)16-26(31(37)34(28)22-9-7-21(32)8-10-22)30-33-27(17-41-30)19-3-2-4-23(13-19)35(38)39/h2-13,16-17,20H,14-15H2,1H3/t20-/m1/s1. The molecule has 0 saturated carbocycles. The number of fused-ring (bicyclic) bond motifs is 1. The lowest BCUT2D eigenvalue weighted by Crippen LogP contribution is -2.31. The van der Waals surface area contributed by atoms with E-state index in [0.717, 1.165) is 5.56 Å². The SMILES string of the molecule is COc1ccc([C@H]2CC(=O)c3cc(-c4nc(-c5cccc([N+](=O)[O-])c5)cs4)c(=O)n(-c4ccc(F)cc4)c3C2)cc1. The number of nitro benzene ring substituents is 1. The number of methoxy groups -OCH3 is 1. The number of nitrogens with zero attached hydrogens (tertiary/aromatic N) is 3. The van der Waals surface area contributed by atoms with E-state index in [-0.39, 0.29) is 29.4 Å². The van der Waals surface area contributed by atoms with Crippen molar-refractivity contribution in [2.24, 2.45) is 0 Å². The average molecular weight is 568 g/mol. The van der Waals surface area contributed by atoms with Gasteiger partial charge in [-0.3, -0.25) is 24.3 Å². The molecule has 1 aliphatic rings. The molecule has 1 aliphatic carbocycles. The maximum Gasteiger partial charge on any atom is 0.270 e. The van der Waals surface area contributed by atoms with Gasteiger partial charge in [-0.15, -0.1) is 11.3 Å². The number of benzene rings is 3. The molecule has 0 aliphatic heterocycles. The van der Waals surface area contributed by atoms with Gasteiger partial charge >= 0.3 is 0 Å². The number of halogens is 1. The minimum atomic E-state index is -0.480. The highest BCUT2D eigenvalue weighted by Gasteiger charge is 2.31. The first-order chi connectivity index (χ1) is 19.8. The molecule has 204 valence electrons. The van der Waals surface area contributed by atoms with Crippen molar-refractivity contribution in [3.63, 3.8) is 0 Å². The predicted octanol–water partition coefficient (Wildman–Crippen LogP) is 6.60. The maximum absolute atomic E-state index is 14.1. The predicted molar refractivity (Wildman–Crippen MR) is 154 cm³/mol. The van der Waals surface area contributed by atoms with Crippen LogP contribution >= 0.6 is 11.3 Å². The number of aromatic nitrogens is 2. The second-order valence-corrected chi connectivity index (χ2v) is 10.5. The molecule has 5 aromatic rings.